The first-order valence-corrected chi connectivity index (χ1v) is 5.88. The summed E-state index contributed by atoms with van der Waals surface area (Å²) < 4.78 is 5.56. The van der Waals surface area contributed by atoms with Crippen LogP contribution in [0.4, 0.5) is 11.6 Å². The molecule has 0 radical (unpaired) electrons. The quantitative estimate of drug-likeness (QED) is 0.897. The van der Waals surface area contributed by atoms with Crippen LogP contribution in [0.1, 0.15) is 17.3 Å². The zero-order valence-corrected chi connectivity index (χ0v) is 11.2. The molecule has 96 valence electrons. The summed E-state index contributed by atoms with van der Waals surface area (Å²) in [5.74, 6) is 4.30. The summed E-state index contributed by atoms with van der Waals surface area (Å²) in [6.45, 7) is 4.51. The summed E-state index contributed by atoms with van der Waals surface area (Å²) in [5.41, 5.74) is 0. The Morgan fingerprint density at radius 1 is 1.28 bits per heavy atom. The zero-order valence-electron chi connectivity index (χ0n) is 11.2. The van der Waals surface area contributed by atoms with Crippen LogP contribution in [0, 0.1) is 13.8 Å². The van der Waals surface area contributed by atoms with Crippen molar-refractivity contribution >= 4 is 11.6 Å². The Kier molecular flexibility index (Phi) is 3.50. The molecule has 0 aliphatic heterocycles. The van der Waals surface area contributed by atoms with E-state index >= 15 is 0 Å². The molecule has 0 atom stereocenters. The molecular weight excluding hydrogens is 228 g/mol. The largest absolute Gasteiger partial charge is 0.464 e. The average molecular weight is 246 g/mol. The summed E-state index contributed by atoms with van der Waals surface area (Å²) in [4.78, 5) is 10.7. The van der Waals surface area contributed by atoms with Gasteiger partial charge >= 0.3 is 0 Å². The Morgan fingerprint density at radius 3 is 2.67 bits per heavy atom. The molecule has 0 aliphatic rings. The van der Waals surface area contributed by atoms with E-state index in [4.69, 9.17) is 4.42 Å². The van der Waals surface area contributed by atoms with Crippen molar-refractivity contribution in [1.29, 1.82) is 0 Å². The summed E-state index contributed by atoms with van der Waals surface area (Å²) in [5, 5.41) is 3.03. The highest BCUT2D eigenvalue weighted by Gasteiger charge is 2.08. The molecule has 5 heteroatoms. The van der Waals surface area contributed by atoms with Crippen LogP contribution >= 0.6 is 0 Å². The molecule has 1 N–H and O–H groups in total. The van der Waals surface area contributed by atoms with Gasteiger partial charge in [0.1, 0.15) is 29.0 Å². The first-order valence-electron chi connectivity index (χ1n) is 5.88. The Morgan fingerprint density at radius 2 is 2.06 bits per heavy atom. The van der Waals surface area contributed by atoms with Gasteiger partial charge in [-0.05, 0) is 26.0 Å². The third kappa shape index (κ3) is 2.80. The molecule has 18 heavy (non-hydrogen) atoms. The van der Waals surface area contributed by atoms with E-state index in [9.17, 15) is 0 Å². The van der Waals surface area contributed by atoms with Crippen LogP contribution in [0.15, 0.2) is 22.6 Å². The maximum atomic E-state index is 5.56. The fourth-order valence-electron chi connectivity index (χ4n) is 1.76. The minimum atomic E-state index is 0.688. The Balaban J connectivity index is 2.17. The van der Waals surface area contributed by atoms with Gasteiger partial charge in [0, 0.05) is 20.2 Å². The number of aromatic nitrogens is 2. The minimum Gasteiger partial charge on any atom is -0.464 e. The fraction of sp³-hybridized carbons (Fsp3) is 0.385. The molecule has 2 rings (SSSR count). The van der Waals surface area contributed by atoms with Crippen LogP contribution < -0.4 is 10.2 Å². The van der Waals surface area contributed by atoms with Gasteiger partial charge in [-0.1, -0.05) is 0 Å². The average Bonchev–Trinajstić information content (AvgIpc) is 2.73. The molecule has 0 saturated heterocycles. The number of furan rings is 1. The van der Waals surface area contributed by atoms with Crippen LogP contribution in [-0.2, 0) is 6.54 Å². The lowest BCUT2D eigenvalue weighted by atomic mass is 10.4. The van der Waals surface area contributed by atoms with E-state index in [-0.39, 0.29) is 0 Å². The van der Waals surface area contributed by atoms with Gasteiger partial charge in [0.15, 0.2) is 0 Å². The number of nitrogens with zero attached hydrogens (tertiary/aromatic N) is 3. The van der Waals surface area contributed by atoms with E-state index in [1.807, 2.05) is 51.0 Å². The number of hydrogen-bond donors (Lipinski definition) is 1. The molecule has 2 heterocycles. The maximum Gasteiger partial charge on any atom is 0.134 e. The van der Waals surface area contributed by atoms with Gasteiger partial charge in [-0.3, -0.25) is 0 Å². The van der Waals surface area contributed by atoms with E-state index in [1.165, 1.54) is 0 Å². The summed E-state index contributed by atoms with van der Waals surface area (Å²) >= 11 is 0. The lowest BCUT2D eigenvalue weighted by molar-refractivity contribution is 0.481. The van der Waals surface area contributed by atoms with Crippen LogP contribution in [0.25, 0.3) is 0 Å². The number of aryl methyl sites for hydroxylation is 2. The standard InChI is InChI=1S/C13H18N4O/c1-9-5-6-11(18-9)8-17(4)13-7-12(14-3)15-10(2)16-13/h5-7H,8H2,1-4H3,(H,14,15,16). The number of hydrogen-bond acceptors (Lipinski definition) is 5. The molecule has 0 saturated carbocycles. The second-order valence-corrected chi connectivity index (χ2v) is 4.28. The SMILES string of the molecule is CNc1cc(N(C)Cc2ccc(C)o2)nc(C)n1. The number of anilines is 2. The lowest BCUT2D eigenvalue weighted by Gasteiger charge is -2.17. The molecule has 0 aromatic carbocycles. The Bertz CT molecular complexity index is 536. The van der Waals surface area contributed by atoms with Crippen molar-refractivity contribution in [3.63, 3.8) is 0 Å². The Labute approximate surface area is 107 Å². The van der Waals surface area contributed by atoms with E-state index < -0.39 is 0 Å². The van der Waals surface area contributed by atoms with Gasteiger partial charge in [-0.15, -0.1) is 0 Å². The van der Waals surface area contributed by atoms with Crippen molar-refractivity contribution in [3.8, 4) is 0 Å². The summed E-state index contributed by atoms with van der Waals surface area (Å²) in [6, 6.07) is 5.87. The minimum absolute atomic E-state index is 0.688. The van der Waals surface area contributed by atoms with Gasteiger partial charge < -0.3 is 14.6 Å². The van der Waals surface area contributed by atoms with Gasteiger partial charge in [0.2, 0.25) is 0 Å². The van der Waals surface area contributed by atoms with Crippen LogP contribution in [0.5, 0.6) is 0 Å². The monoisotopic (exact) mass is 246 g/mol. The predicted octanol–water partition coefficient (Wildman–Crippen LogP) is 2.36. The topological polar surface area (TPSA) is 54.2 Å². The predicted molar refractivity (Wildman–Crippen MR) is 71.9 cm³/mol. The van der Waals surface area contributed by atoms with Crippen LogP contribution in [0.2, 0.25) is 0 Å². The number of nitrogens with one attached hydrogen (secondary N) is 1. The van der Waals surface area contributed by atoms with E-state index in [0.29, 0.717) is 6.54 Å². The fourth-order valence-corrected chi connectivity index (χ4v) is 1.76. The second-order valence-electron chi connectivity index (χ2n) is 4.28. The molecule has 0 bridgehead atoms. The van der Waals surface area contributed by atoms with E-state index in [1.54, 1.807) is 0 Å². The van der Waals surface area contributed by atoms with Crippen molar-refractivity contribution in [2.24, 2.45) is 0 Å². The molecule has 0 aliphatic carbocycles. The van der Waals surface area contributed by atoms with Crippen molar-refractivity contribution in [3.05, 3.63) is 35.5 Å². The first-order chi connectivity index (χ1) is 8.58. The van der Waals surface area contributed by atoms with Gasteiger partial charge in [0.05, 0.1) is 6.54 Å². The third-order valence-electron chi connectivity index (χ3n) is 2.66. The van der Waals surface area contributed by atoms with Crippen molar-refractivity contribution in [2.75, 3.05) is 24.3 Å². The van der Waals surface area contributed by atoms with Crippen LogP contribution in [0.3, 0.4) is 0 Å². The molecule has 0 fully saturated rings. The second kappa shape index (κ2) is 5.08. The highest BCUT2D eigenvalue weighted by Crippen LogP contribution is 2.17. The molecule has 0 amide bonds. The zero-order chi connectivity index (χ0) is 13.1. The first kappa shape index (κ1) is 12.4. The van der Waals surface area contributed by atoms with E-state index in [2.05, 4.69) is 15.3 Å². The highest BCUT2D eigenvalue weighted by molar-refractivity contribution is 5.48. The third-order valence-corrected chi connectivity index (χ3v) is 2.66. The Hall–Kier alpha value is -2.04. The van der Waals surface area contributed by atoms with Gasteiger partial charge in [-0.25, -0.2) is 9.97 Å². The molecule has 5 nitrogen and oxygen atoms in total. The number of rotatable bonds is 4. The van der Waals surface area contributed by atoms with E-state index in [0.717, 1.165) is 29.0 Å². The van der Waals surface area contributed by atoms with Crippen LogP contribution in [-0.4, -0.2) is 24.1 Å². The smallest absolute Gasteiger partial charge is 0.134 e. The van der Waals surface area contributed by atoms with Gasteiger partial charge in [0.25, 0.3) is 0 Å². The summed E-state index contributed by atoms with van der Waals surface area (Å²) in [7, 11) is 3.83. The summed E-state index contributed by atoms with van der Waals surface area (Å²) in [6.07, 6.45) is 0. The van der Waals surface area contributed by atoms with Crippen molar-refractivity contribution in [2.45, 2.75) is 20.4 Å². The molecule has 0 unspecified atom stereocenters. The van der Waals surface area contributed by atoms with Crippen molar-refractivity contribution < 1.29 is 4.42 Å². The normalized spacial score (nSPS) is 10.4. The molecule has 2 aromatic heterocycles. The molecule has 0 spiro atoms. The van der Waals surface area contributed by atoms with Gasteiger partial charge in [-0.2, -0.15) is 0 Å². The molecule has 2 aromatic rings. The molecular formula is C13H18N4O. The highest BCUT2D eigenvalue weighted by atomic mass is 16.3. The maximum absolute atomic E-state index is 5.56. The van der Waals surface area contributed by atoms with Crippen molar-refractivity contribution in [1.82, 2.24) is 9.97 Å². The lowest BCUT2D eigenvalue weighted by Crippen LogP contribution is -2.18.